The highest BCUT2D eigenvalue weighted by Gasteiger charge is 2.36. The number of nitrogens with zero attached hydrogens (tertiary/aromatic N) is 1. The van der Waals surface area contributed by atoms with E-state index < -0.39 is 27.4 Å². The van der Waals surface area contributed by atoms with Crippen LogP contribution in [0.15, 0.2) is 12.1 Å². The summed E-state index contributed by atoms with van der Waals surface area (Å²) in [5.74, 6) is 0. The lowest BCUT2D eigenvalue weighted by molar-refractivity contribution is -0.384. The first-order chi connectivity index (χ1) is 10.2. The molecule has 1 aromatic carbocycles. The standard InChI is InChI=1S/C13H14ClF3N2O3/c1-22-8-3-2-7(4-8)18-11-6-10(14)9(13(15,16)17)5-12(11)19(20)21/h5-8,18H,2-4H2,1H3. The first kappa shape index (κ1) is 16.8. The van der Waals surface area contributed by atoms with Crippen molar-refractivity contribution in [3.63, 3.8) is 0 Å². The minimum absolute atomic E-state index is 0.00949. The minimum Gasteiger partial charge on any atom is -0.381 e. The summed E-state index contributed by atoms with van der Waals surface area (Å²) in [6.45, 7) is 0. The Morgan fingerprint density at radius 2 is 2.09 bits per heavy atom. The molecule has 0 aliphatic heterocycles. The first-order valence-electron chi connectivity index (χ1n) is 6.57. The number of halogens is 4. The number of alkyl halides is 3. The number of nitrogens with one attached hydrogen (secondary N) is 1. The van der Waals surface area contributed by atoms with E-state index in [2.05, 4.69) is 5.32 Å². The van der Waals surface area contributed by atoms with Crippen LogP contribution in [0.3, 0.4) is 0 Å². The van der Waals surface area contributed by atoms with E-state index in [0.29, 0.717) is 18.9 Å². The van der Waals surface area contributed by atoms with Crippen molar-refractivity contribution in [2.45, 2.75) is 37.6 Å². The monoisotopic (exact) mass is 338 g/mol. The van der Waals surface area contributed by atoms with Gasteiger partial charge in [-0.05, 0) is 25.3 Å². The van der Waals surface area contributed by atoms with E-state index in [1.165, 1.54) is 0 Å². The summed E-state index contributed by atoms with van der Waals surface area (Å²) in [5.41, 5.74) is -1.87. The Morgan fingerprint density at radius 1 is 1.41 bits per heavy atom. The number of ether oxygens (including phenoxy) is 1. The van der Waals surface area contributed by atoms with Crippen LogP contribution in [-0.4, -0.2) is 24.2 Å². The lowest BCUT2D eigenvalue weighted by Crippen LogP contribution is -2.18. The summed E-state index contributed by atoms with van der Waals surface area (Å²) in [6, 6.07) is 1.33. The predicted molar refractivity (Wildman–Crippen MR) is 75.2 cm³/mol. The van der Waals surface area contributed by atoms with Crippen LogP contribution in [0.25, 0.3) is 0 Å². The second-order valence-electron chi connectivity index (χ2n) is 5.12. The van der Waals surface area contributed by atoms with Crippen LogP contribution in [0, 0.1) is 10.1 Å². The molecule has 22 heavy (non-hydrogen) atoms. The van der Waals surface area contributed by atoms with Crippen LogP contribution >= 0.6 is 11.6 Å². The number of rotatable bonds is 4. The van der Waals surface area contributed by atoms with Crippen molar-refractivity contribution in [1.82, 2.24) is 0 Å². The van der Waals surface area contributed by atoms with Gasteiger partial charge in [0.25, 0.3) is 5.69 Å². The molecule has 1 saturated carbocycles. The molecule has 1 N–H and O–H groups in total. The van der Waals surface area contributed by atoms with Crippen LogP contribution in [0.2, 0.25) is 5.02 Å². The molecule has 1 aliphatic rings. The normalized spacial score (nSPS) is 21.9. The Morgan fingerprint density at radius 3 is 2.59 bits per heavy atom. The van der Waals surface area contributed by atoms with E-state index in [1.54, 1.807) is 7.11 Å². The van der Waals surface area contributed by atoms with Gasteiger partial charge in [0.15, 0.2) is 0 Å². The summed E-state index contributed by atoms with van der Waals surface area (Å²) >= 11 is 5.62. The molecule has 2 rings (SSSR count). The van der Waals surface area contributed by atoms with Crippen molar-refractivity contribution in [2.24, 2.45) is 0 Å². The molecule has 0 radical (unpaired) electrons. The maximum Gasteiger partial charge on any atom is 0.418 e. The summed E-state index contributed by atoms with van der Waals surface area (Å²) in [5, 5.41) is 13.4. The predicted octanol–water partition coefficient (Wildman–Crippen LogP) is 4.25. The molecule has 2 atom stereocenters. The van der Waals surface area contributed by atoms with Crippen LogP contribution < -0.4 is 5.32 Å². The van der Waals surface area contributed by atoms with E-state index >= 15 is 0 Å². The first-order valence-corrected chi connectivity index (χ1v) is 6.94. The number of methoxy groups -OCH3 is 1. The highest BCUT2D eigenvalue weighted by molar-refractivity contribution is 6.31. The Hall–Kier alpha value is -1.54. The number of nitro groups is 1. The molecule has 122 valence electrons. The number of hydrogen-bond donors (Lipinski definition) is 1. The van der Waals surface area contributed by atoms with Gasteiger partial charge in [0.1, 0.15) is 5.69 Å². The zero-order valence-electron chi connectivity index (χ0n) is 11.6. The van der Waals surface area contributed by atoms with Crippen LogP contribution in [0.1, 0.15) is 24.8 Å². The third kappa shape index (κ3) is 3.61. The van der Waals surface area contributed by atoms with E-state index in [0.717, 1.165) is 12.5 Å². The van der Waals surface area contributed by atoms with Crippen LogP contribution in [-0.2, 0) is 10.9 Å². The third-order valence-corrected chi connectivity index (χ3v) is 3.98. The van der Waals surface area contributed by atoms with Gasteiger partial charge in [0.2, 0.25) is 0 Å². The van der Waals surface area contributed by atoms with Crippen molar-refractivity contribution >= 4 is 23.0 Å². The molecule has 5 nitrogen and oxygen atoms in total. The van der Waals surface area contributed by atoms with Gasteiger partial charge in [-0.1, -0.05) is 11.6 Å². The van der Waals surface area contributed by atoms with Gasteiger partial charge in [-0.3, -0.25) is 10.1 Å². The molecule has 9 heteroatoms. The smallest absolute Gasteiger partial charge is 0.381 e. The molecule has 1 aliphatic carbocycles. The van der Waals surface area contributed by atoms with Crippen LogP contribution in [0.5, 0.6) is 0 Å². The molecule has 0 amide bonds. The Bertz CT molecular complexity index is 580. The molecule has 1 aromatic rings. The fourth-order valence-electron chi connectivity index (χ4n) is 2.55. The molecule has 1 fully saturated rings. The maximum absolute atomic E-state index is 12.8. The zero-order valence-corrected chi connectivity index (χ0v) is 12.4. The largest absolute Gasteiger partial charge is 0.418 e. The van der Waals surface area contributed by atoms with E-state index in [4.69, 9.17) is 16.3 Å². The van der Waals surface area contributed by atoms with Gasteiger partial charge in [0.05, 0.1) is 21.6 Å². The van der Waals surface area contributed by atoms with Crippen molar-refractivity contribution in [3.8, 4) is 0 Å². The number of nitro benzene ring substituents is 1. The average Bonchev–Trinajstić information content (AvgIpc) is 2.84. The van der Waals surface area contributed by atoms with Crippen LogP contribution in [0.4, 0.5) is 24.5 Å². The van der Waals surface area contributed by atoms with Crippen molar-refractivity contribution < 1.29 is 22.8 Å². The highest BCUT2D eigenvalue weighted by Crippen LogP contribution is 2.41. The second-order valence-corrected chi connectivity index (χ2v) is 5.52. The van der Waals surface area contributed by atoms with Gasteiger partial charge < -0.3 is 10.1 Å². The Balaban J connectivity index is 2.31. The quantitative estimate of drug-likeness (QED) is 0.658. The number of benzene rings is 1. The molecule has 0 spiro atoms. The van der Waals surface area contributed by atoms with Gasteiger partial charge in [0, 0.05) is 19.2 Å². The summed E-state index contributed by atoms with van der Waals surface area (Å²) in [6.07, 6.45) is -2.56. The van der Waals surface area contributed by atoms with Gasteiger partial charge >= 0.3 is 6.18 Å². The minimum atomic E-state index is -4.74. The summed E-state index contributed by atoms with van der Waals surface area (Å²) in [4.78, 5) is 10.2. The Kier molecular flexibility index (Phi) is 4.81. The van der Waals surface area contributed by atoms with E-state index in [-0.39, 0.29) is 17.8 Å². The SMILES string of the molecule is COC1CCC(Nc2cc(Cl)c(C(F)(F)F)cc2[N+](=O)[O-])C1. The zero-order chi connectivity index (χ0) is 16.5. The molecule has 2 unspecified atom stereocenters. The maximum atomic E-state index is 12.8. The van der Waals surface area contributed by atoms with Gasteiger partial charge in [-0.25, -0.2) is 0 Å². The van der Waals surface area contributed by atoms with Crippen molar-refractivity contribution in [2.75, 3.05) is 12.4 Å². The Labute approximate surface area is 129 Å². The summed E-state index contributed by atoms with van der Waals surface area (Å²) in [7, 11) is 1.57. The number of hydrogen-bond acceptors (Lipinski definition) is 4. The molecule has 0 saturated heterocycles. The molecular weight excluding hydrogens is 325 g/mol. The third-order valence-electron chi connectivity index (χ3n) is 3.66. The molecular formula is C13H14ClF3N2O3. The molecule has 0 bridgehead atoms. The fraction of sp³-hybridized carbons (Fsp3) is 0.538. The van der Waals surface area contributed by atoms with Gasteiger partial charge in [-0.2, -0.15) is 13.2 Å². The topological polar surface area (TPSA) is 64.4 Å². The highest BCUT2D eigenvalue weighted by atomic mass is 35.5. The molecule has 0 aromatic heterocycles. The fourth-order valence-corrected chi connectivity index (χ4v) is 2.82. The lowest BCUT2D eigenvalue weighted by atomic mass is 10.1. The lowest BCUT2D eigenvalue weighted by Gasteiger charge is -2.16. The average molecular weight is 339 g/mol. The van der Waals surface area contributed by atoms with Crippen molar-refractivity contribution in [3.05, 3.63) is 32.8 Å². The number of anilines is 1. The summed E-state index contributed by atoms with van der Waals surface area (Å²) < 4.78 is 43.5. The van der Waals surface area contributed by atoms with Crippen molar-refractivity contribution in [1.29, 1.82) is 0 Å². The van der Waals surface area contributed by atoms with Gasteiger partial charge in [-0.15, -0.1) is 0 Å². The second kappa shape index (κ2) is 6.29. The van der Waals surface area contributed by atoms with E-state index in [1.807, 2.05) is 0 Å². The van der Waals surface area contributed by atoms with E-state index in [9.17, 15) is 23.3 Å². The molecule has 0 heterocycles.